The fraction of sp³-hybridized carbons (Fsp3) is 0.481. The van der Waals surface area contributed by atoms with Gasteiger partial charge in [-0.15, -0.1) is 0 Å². The first-order valence-electron chi connectivity index (χ1n) is 11.9. The van der Waals surface area contributed by atoms with Crippen molar-refractivity contribution in [1.29, 1.82) is 0 Å². The van der Waals surface area contributed by atoms with Gasteiger partial charge in [0.25, 0.3) is 0 Å². The SMILES string of the molecule is CCCCc1ccc(CCc2ccc(O)c(OCCc3cc([C@H](C)CCNC)c[nH]3)c2)o1. The van der Waals surface area contributed by atoms with Crippen LogP contribution in [0.2, 0.25) is 0 Å². The average molecular weight is 439 g/mol. The molecular formula is C27H38N2O3. The van der Waals surface area contributed by atoms with Gasteiger partial charge in [-0.25, -0.2) is 0 Å². The number of rotatable bonds is 14. The first kappa shape index (κ1) is 24.0. The van der Waals surface area contributed by atoms with Crippen molar-refractivity contribution in [2.24, 2.45) is 0 Å². The number of unbranched alkanes of at least 4 members (excludes halogenated alkanes) is 1. The average Bonchev–Trinajstić information content (AvgIpc) is 3.46. The van der Waals surface area contributed by atoms with Crippen LogP contribution in [0.5, 0.6) is 11.5 Å². The Morgan fingerprint density at radius 1 is 1.06 bits per heavy atom. The molecule has 0 unspecified atom stereocenters. The minimum Gasteiger partial charge on any atom is -0.504 e. The molecule has 5 heteroatoms. The molecule has 2 aromatic heterocycles. The fourth-order valence-corrected chi connectivity index (χ4v) is 3.83. The highest BCUT2D eigenvalue weighted by Crippen LogP contribution is 2.28. The maximum Gasteiger partial charge on any atom is 0.161 e. The Bertz CT molecular complexity index is 944. The van der Waals surface area contributed by atoms with Gasteiger partial charge in [-0.05, 0) is 80.2 Å². The molecule has 174 valence electrons. The van der Waals surface area contributed by atoms with Crippen molar-refractivity contribution in [1.82, 2.24) is 10.3 Å². The third-order valence-electron chi connectivity index (χ3n) is 5.97. The van der Waals surface area contributed by atoms with E-state index in [1.165, 1.54) is 12.0 Å². The molecule has 1 atom stereocenters. The highest BCUT2D eigenvalue weighted by Gasteiger charge is 2.10. The Morgan fingerprint density at radius 3 is 2.66 bits per heavy atom. The zero-order chi connectivity index (χ0) is 22.8. The normalized spacial score (nSPS) is 12.2. The lowest BCUT2D eigenvalue weighted by atomic mass is 10.0. The molecule has 5 nitrogen and oxygen atoms in total. The molecule has 3 aromatic rings. The first-order valence-corrected chi connectivity index (χ1v) is 11.9. The predicted molar refractivity (Wildman–Crippen MR) is 130 cm³/mol. The van der Waals surface area contributed by atoms with Gasteiger partial charge in [0, 0.05) is 31.2 Å². The summed E-state index contributed by atoms with van der Waals surface area (Å²) in [5.74, 6) is 3.32. The number of furan rings is 1. The number of aryl methyl sites for hydroxylation is 3. The van der Waals surface area contributed by atoms with Crippen LogP contribution in [-0.4, -0.2) is 30.3 Å². The number of benzene rings is 1. The van der Waals surface area contributed by atoms with E-state index >= 15 is 0 Å². The van der Waals surface area contributed by atoms with Crippen LogP contribution in [0.1, 0.15) is 67.4 Å². The smallest absolute Gasteiger partial charge is 0.161 e. The van der Waals surface area contributed by atoms with Crippen molar-refractivity contribution < 1.29 is 14.3 Å². The number of hydrogen-bond donors (Lipinski definition) is 3. The van der Waals surface area contributed by atoms with E-state index in [1.54, 1.807) is 6.07 Å². The molecule has 0 aliphatic rings. The van der Waals surface area contributed by atoms with Gasteiger partial charge in [-0.2, -0.15) is 0 Å². The second-order valence-electron chi connectivity index (χ2n) is 8.62. The van der Waals surface area contributed by atoms with Crippen LogP contribution in [0.15, 0.2) is 47.0 Å². The van der Waals surface area contributed by atoms with Crippen LogP contribution < -0.4 is 10.1 Å². The molecule has 0 spiro atoms. The number of phenols is 1. The monoisotopic (exact) mass is 438 g/mol. The van der Waals surface area contributed by atoms with E-state index in [0.29, 0.717) is 18.3 Å². The Hall–Kier alpha value is -2.66. The Labute approximate surface area is 192 Å². The third kappa shape index (κ3) is 7.20. The number of aromatic nitrogens is 1. The van der Waals surface area contributed by atoms with E-state index in [0.717, 1.165) is 67.8 Å². The summed E-state index contributed by atoms with van der Waals surface area (Å²) >= 11 is 0. The zero-order valence-electron chi connectivity index (χ0n) is 19.7. The van der Waals surface area contributed by atoms with Gasteiger partial charge in [0.15, 0.2) is 11.5 Å². The molecule has 2 heterocycles. The zero-order valence-corrected chi connectivity index (χ0v) is 19.7. The molecule has 0 amide bonds. The highest BCUT2D eigenvalue weighted by molar-refractivity contribution is 5.42. The lowest BCUT2D eigenvalue weighted by molar-refractivity contribution is 0.302. The lowest BCUT2D eigenvalue weighted by Crippen LogP contribution is -2.10. The second kappa shape index (κ2) is 12.4. The van der Waals surface area contributed by atoms with Crippen LogP contribution >= 0.6 is 0 Å². The molecule has 0 radical (unpaired) electrons. The van der Waals surface area contributed by atoms with Crippen LogP contribution in [0.25, 0.3) is 0 Å². The molecule has 0 aliphatic heterocycles. The molecule has 3 rings (SSSR count). The van der Waals surface area contributed by atoms with Crippen molar-refractivity contribution in [2.75, 3.05) is 20.2 Å². The van der Waals surface area contributed by atoms with Crippen LogP contribution in [0.3, 0.4) is 0 Å². The van der Waals surface area contributed by atoms with Gasteiger partial charge >= 0.3 is 0 Å². The molecule has 0 bridgehead atoms. The molecule has 32 heavy (non-hydrogen) atoms. The molecule has 0 saturated carbocycles. The van der Waals surface area contributed by atoms with Gasteiger partial charge < -0.3 is 24.6 Å². The van der Waals surface area contributed by atoms with Crippen LogP contribution in [-0.2, 0) is 25.7 Å². The first-order chi connectivity index (χ1) is 15.6. The molecule has 0 aliphatic carbocycles. The second-order valence-corrected chi connectivity index (χ2v) is 8.62. The van der Waals surface area contributed by atoms with Crippen molar-refractivity contribution in [3.8, 4) is 11.5 Å². The van der Waals surface area contributed by atoms with Crippen molar-refractivity contribution in [2.45, 2.75) is 64.7 Å². The van der Waals surface area contributed by atoms with E-state index in [-0.39, 0.29) is 5.75 Å². The highest BCUT2D eigenvalue weighted by atomic mass is 16.5. The topological polar surface area (TPSA) is 70.4 Å². The molecule has 3 N–H and O–H groups in total. The number of ether oxygens (including phenoxy) is 1. The van der Waals surface area contributed by atoms with E-state index < -0.39 is 0 Å². The van der Waals surface area contributed by atoms with Crippen molar-refractivity contribution >= 4 is 0 Å². The number of aromatic hydroxyl groups is 1. The lowest BCUT2D eigenvalue weighted by Gasteiger charge is -2.10. The van der Waals surface area contributed by atoms with Crippen LogP contribution in [0.4, 0.5) is 0 Å². The van der Waals surface area contributed by atoms with Crippen molar-refractivity contribution in [3.05, 3.63) is 70.9 Å². The minimum absolute atomic E-state index is 0.182. The number of H-pyrrole nitrogens is 1. The van der Waals surface area contributed by atoms with E-state index in [4.69, 9.17) is 9.15 Å². The summed E-state index contributed by atoms with van der Waals surface area (Å²) in [6, 6.07) is 12.0. The summed E-state index contributed by atoms with van der Waals surface area (Å²) < 4.78 is 11.8. The summed E-state index contributed by atoms with van der Waals surface area (Å²) in [5, 5.41) is 13.4. The molecule has 0 fully saturated rings. The maximum absolute atomic E-state index is 10.2. The molecule has 1 aromatic carbocycles. The maximum atomic E-state index is 10.2. The van der Waals surface area contributed by atoms with E-state index in [9.17, 15) is 5.11 Å². The van der Waals surface area contributed by atoms with Crippen molar-refractivity contribution in [3.63, 3.8) is 0 Å². The van der Waals surface area contributed by atoms with E-state index in [2.05, 4.69) is 48.5 Å². The van der Waals surface area contributed by atoms with Gasteiger partial charge in [0.05, 0.1) is 6.61 Å². The fourth-order valence-electron chi connectivity index (χ4n) is 3.83. The van der Waals surface area contributed by atoms with Gasteiger partial charge in [0.2, 0.25) is 0 Å². The quantitative estimate of drug-likeness (QED) is 0.299. The Kier molecular flexibility index (Phi) is 9.29. The standard InChI is InChI=1S/C27H38N2O3/c1-4-5-6-24-10-11-25(32-24)9-7-21-8-12-26(30)27(17-21)31-16-14-23-18-22(19-29-23)20(2)13-15-28-3/h8,10-12,17-20,28-30H,4-7,9,13-16H2,1-3H3/t20-/m1/s1. The molecule has 0 saturated heterocycles. The number of hydrogen-bond acceptors (Lipinski definition) is 4. The van der Waals surface area contributed by atoms with Gasteiger partial charge in [0.1, 0.15) is 11.5 Å². The Balaban J connectivity index is 1.48. The number of aromatic amines is 1. The number of phenolic OH excluding ortho intramolecular Hbond substituents is 1. The summed E-state index contributed by atoms with van der Waals surface area (Å²) in [6.07, 6.45) is 9.01. The predicted octanol–water partition coefficient (Wildman–Crippen LogP) is 5.78. The summed E-state index contributed by atoms with van der Waals surface area (Å²) in [6.45, 7) is 5.97. The number of nitrogens with one attached hydrogen (secondary N) is 2. The van der Waals surface area contributed by atoms with Crippen LogP contribution in [0, 0.1) is 0 Å². The van der Waals surface area contributed by atoms with Gasteiger partial charge in [-0.1, -0.05) is 26.3 Å². The minimum atomic E-state index is 0.182. The summed E-state index contributed by atoms with van der Waals surface area (Å²) in [7, 11) is 1.98. The summed E-state index contributed by atoms with van der Waals surface area (Å²) in [4.78, 5) is 3.36. The largest absolute Gasteiger partial charge is 0.504 e. The van der Waals surface area contributed by atoms with Gasteiger partial charge in [-0.3, -0.25) is 0 Å². The van der Waals surface area contributed by atoms with E-state index in [1.807, 2.05) is 19.2 Å². The Morgan fingerprint density at radius 2 is 1.88 bits per heavy atom. The summed E-state index contributed by atoms with van der Waals surface area (Å²) in [5.41, 5.74) is 3.62. The third-order valence-corrected chi connectivity index (χ3v) is 5.97. The molecular weight excluding hydrogens is 400 g/mol.